The van der Waals surface area contributed by atoms with E-state index in [2.05, 4.69) is 26.6 Å². The van der Waals surface area contributed by atoms with Crippen molar-refractivity contribution < 1.29 is 19.1 Å². The van der Waals surface area contributed by atoms with Crippen molar-refractivity contribution in [2.24, 2.45) is 0 Å². The molecular formula is C19H19BrN2O4. The summed E-state index contributed by atoms with van der Waals surface area (Å²) in [6, 6.07) is 11.0. The highest BCUT2D eigenvalue weighted by molar-refractivity contribution is 9.10. The molecule has 2 aromatic carbocycles. The molecule has 1 aliphatic heterocycles. The minimum atomic E-state index is -0.115. The minimum Gasteiger partial charge on any atom is -0.486 e. The lowest BCUT2D eigenvalue weighted by Gasteiger charge is -2.19. The first-order valence-electron chi connectivity index (χ1n) is 8.22. The molecule has 0 fully saturated rings. The van der Waals surface area contributed by atoms with Gasteiger partial charge in [-0.1, -0.05) is 28.1 Å². The Morgan fingerprint density at radius 2 is 1.73 bits per heavy atom. The highest BCUT2D eigenvalue weighted by atomic mass is 79.9. The molecule has 2 amide bonds. The van der Waals surface area contributed by atoms with Crippen LogP contribution >= 0.6 is 15.9 Å². The molecule has 0 unspecified atom stereocenters. The van der Waals surface area contributed by atoms with Crippen LogP contribution in [-0.2, 0) is 22.6 Å². The fourth-order valence-electron chi connectivity index (χ4n) is 2.59. The van der Waals surface area contributed by atoms with E-state index in [0.29, 0.717) is 31.3 Å². The average molecular weight is 419 g/mol. The maximum Gasteiger partial charge on any atom is 0.224 e. The van der Waals surface area contributed by atoms with Gasteiger partial charge in [0.1, 0.15) is 13.2 Å². The van der Waals surface area contributed by atoms with E-state index in [-0.39, 0.29) is 18.2 Å². The smallest absolute Gasteiger partial charge is 0.224 e. The van der Waals surface area contributed by atoms with Crippen molar-refractivity contribution in [3.05, 3.63) is 52.0 Å². The number of rotatable bonds is 5. The number of ether oxygens (including phenoxy) is 2. The number of nitrogens with one attached hydrogen (secondary N) is 2. The second-order valence-electron chi connectivity index (χ2n) is 5.92. The summed E-state index contributed by atoms with van der Waals surface area (Å²) >= 11 is 3.48. The molecule has 2 N–H and O–H groups in total. The number of carbonyl (C=O) groups excluding carboxylic acids is 2. The van der Waals surface area contributed by atoms with Crippen LogP contribution in [0.25, 0.3) is 0 Å². The van der Waals surface area contributed by atoms with Crippen molar-refractivity contribution in [3.8, 4) is 11.5 Å². The summed E-state index contributed by atoms with van der Waals surface area (Å²) in [6.07, 6.45) is 0.237. The fourth-order valence-corrected chi connectivity index (χ4v) is 3.05. The van der Waals surface area contributed by atoms with E-state index in [9.17, 15) is 9.59 Å². The van der Waals surface area contributed by atoms with Gasteiger partial charge in [-0.05, 0) is 35.4 Å². The Labute approximate surface area is 160 Å². The summed E-state index contributed by atoms with van der Waals surface area (Å²) in [5.41, 5.74) is 2.52. The zero-order chi connectivity index (χ0) is 18.5. The summed E-state index contributed by atoms with van der Waals surface area (Å²) in [7, 11) is 0. The molecule has 1 aliphatic rings. The van der Waals surface area contributed by atoms with E-state index in [0.717, 1.165) is 21.3 Å². The van der Waals surface area contributed by atoms with Gasteiger partial charge in [0.05, 0.1) is 6.42 Å². The van der Waals surface area contributed by atoms with E-state index in [1.165, 1.54) is 6.92 Å². The lowest BCUT2D eigenvalue weighted by Crippen LogP contribution is -2.25. The number of benzene rings is 2. The third-order valence-corrected chi connectivity index (χ3v) is 4.56. The van der Waals surface area contributed by atoms with Crippen molar-refractivity contribution in [1.29, 1.82) is 0 Å². The number of hydrogen-bond acceptors (Lipinski definition) is 4. The Morgan fingerprint density at radius 1 is 1.08 bits per heavy atom. The van der Waals surface area contributed by atoms with Gasteiger partial charge in [0.2, 0.25) is 11.8 Å². The second kappa shape index (κ2) is 8.23. The van der Waals surface area contributed by atoms with Crippen LogP contribution in [-0.4, -0.2) is 25.0 Å². The summed E-state index contributed by atoms with van der Waals surface area (Å²) in [6.45, 7) is 2.92. The first-order valence-corrected chi connectivity index (χ1v) is 9.02. The number of halogens is 1. The van der Waals surface area contributed by atoms with Gasteiger partial charge in [-0.25, -0.2) is 0 Å². The molecule has 0 atom stereocenters. The standard InChI is InChI=1S/C19H19BrN2O4/c1-12(23)22-15-4-2-13(3-5-15)11-21-19(24)9-14-8-17-18(10-16(14)20)26-7-6-25-17/h2-5,8,10H,6-7,9,11H2,1H3,(H,21,24)(H,22,23). The van der Waals surface area contributed by atoms with Crippen LogP contribution in [0, 0.1) is 0 Å². The van der Waals surface area contributed by atoms with Crippen LogP contribution in [0.2, 0.25) is 0 Å². The molecule has 1 heterocycles. The molecule has 0 radical (unpaired) electrons. The molecule has 0 aromatic heterocycles. The van der Waals surface area contributed by atoms with E-state index in [4.69, 9.17) is 9.47 Å². The van der Waals surface area contributed by atoms with Crippen LogP contribution < -0.4 is 20.1 Å². The summed E-state index contributed by atoms with van der Waals surface area (Å²) in [5, 5.41) is 5.60. The number of hydrogen-bond donors (Lipinski definition) is 2. The first-order chi connectivity index (χ1) is 12.5. The van der Waals surface area contributed by atoms with Gasteiger partial charge in [0, 0.05) is 23.6 Å². The highest BCUT2D eigenvalue weighted by Gasteiger charge is 2.16. The molecular weight excluding hydrogens is 400 g/mol. The monoisotopic (exact) mass is 418 g/mol. The minimum absolute atomic E-state index is 0.0895. The molecule has 6 nitrogen and oxygen atoms in total. The molecule has 0 spiro atoms. The largest absolute Gasteiger partial charge is 0.486 e. The van der Waals surface area contributed by atoms with Gasteiger partial charge in [0.25, 0.3) is 0 Å². The Hall–Kier alpha value is -2.54. The summed E-state index contributed by atoms with van der Waals surface area (Å²) in [4.78, 5) is 23.3. The number of carbonyl (C=O) groups is 2. The zero-order valence-electron chi connectivity index (χ0n) is 14.3. The van der Waals surface area contributed by atoms with Crippen LogP contribution in [0.3, 0.4) is 0 Å². The number of fused-ring (bicyclic) bond motifs is 1. The predicted octanol–water partition coefficient (Wildman–Crippen LogP) is 3.04. The number of anilines is 1. The van der Waals surface area contributed by atoms with Crippen molar-refractivity contribution >= 4 is 33.4 Å². The first kappa shape index (κ1) is 18.3. The molecule has 0 aliphatic carbocycles. The molecule has 2 aromatic rings. The average Bonchev–Trinajstić information content (AvgIpc) is 2.61. The second-order valence-corrected chi connectivity index (χ2v) is 6.77. The normalized spacial score (nSPS) is 12.4. The Bertz CT molecular complexity index is 821. The summed E-state index contributed by atoms with van der Waals surface area (Å²) in [5.74, 6) is 1.15. The van der Waals surface area contributed by atoms with Gasteiger partial charge in [-0.15, -0.1) is 0 Å². The Balaban J connectivity index is 1.56. The zero-order valence-corrected chi connectivity index (χ0v) is 15.9. The molecule has 3 rings (SSSR count). The Morgan fingerprint density at radius 3 is 2.38 bits per heavy atom. The maximum atomic E-state index is 12.3. The fraction of sp³-hybridized carbons (Fsp3) is 0.263. The van der Waals surface area contributed by atoms with Gasteiger partial charge in [0.15, 0.2) is 11.5 Å². The molecule has 136 valence electrons. The van der Waals surface area contributed by atoms with Crippen LogP contribution in [0.15, 0.2) is 40.9 Å². The van der Waals surface area contributed by atoms with Crippen LogP contribution in [0.1, 0.15) is 18.1 Å². The van der Waals surface area contributed by atoms with Crippen LogP contribution in [0.5, 0.6) is 11.5 Å². The predicted molar refractivity (Wildman–Crippen MR) is 101 cm³/mol. The third kappa shape index (κ3) is 4.76. The maximum absolute atomic E-state index is 12.3. The number of amides is 2. The summed E-state index contributed by atoms with van der Waals surface area (Å²) < 4.78 is 11.9. The van der Waals surface area contributed by atoms with Gasteiger partial charge < -0.3 is 20.1 Å². The van der Waals surface area contributed by atoms with Crippen molar-refractivity contribution in [2.75, 3.05) is 18.5 Å². The molecule has 0 saturated heterocycles. The molecule has 26 heavy (non-hydrogen) atoms. The van der Waals surface area contributed by atoms with E-state index < -0.39 is 0 Å². The topological polar surface area (TPSA) is 76.7 Å². The van der Waals surface area contributed by atoms with E-state index >= 15 is 0 Å². The lowest BCUT2D eigenvalue weighted by atomic mass is 10.1. The van der Waals surface area contributed by atoms with Gasteiger partial charge >= 0.3 is 0 Å². The van der Waals surface area contributed by atoms with E-state index in [1.54, 1.807) is 12.1 Å². The third-order valence-electron chi connectivity index (χ3n) is 3.83. The quantitative estimate of drug-likeness (QED) is 0.781. The van der Waals surface area contributed by atoms with Crippen molar-refractivity contribution in [1.82, 2.24) is 5.32 Å². The van der Waals surface area contributed by atoms with Gasteiger partial charge in [-0.3, -0.25) is 9.59 Å². The van der Waals surface area contributed by atoms with Crippen molar-refractivity contribution in [3.63, 3.8) is 0 Å². The highest BCUT2D eigenvalue weighted by Crippen LogP contribution is 2.35. The van der Waals surface area contributed by atoms with Crippen LogP contribution in [0.4, 0.5) is 5.69 Å². The Kier molecular flexibility index (Phi) is 5.78. The van der Waals surface area contributed by atoms with E-state index in [1.807, 2.05) is 24.3 Å². The molecule has 0 bridgehead atoms. The molecule has 0 saturated carbocycles. The van der Waals surface area contributed by atoms with Gasteiger partial charge in [-0.2, -0.15) is 0 Å². The lowest BCUT2D eigenvalue weighted by molar-refractivity contribution is -0.120. The van der Waals surface area contributed by atoms with Crippen molar-refractivity contribution in [2.45, 2.75) is 19.9 Å². The SMILES string of the molecule is CC(=O)Nc1ccc(CNC(=O)Cc2cc3c(cc2Br)OCCO3)cc1. The molecule has 7 heteroatoms.